The minimum Gasteiger partial charge on any atom is -0.468 e. The topological polar surface area (TPSA) is 54.7 Å². The average molecular weight is 346 g/mol. The number of hydrogen-bond acceptors (Lipinski definition) is 4. The van der Waals surface area contributed by atoms with Crippen molar-refractivity contribution in [1.82, 2.24) is 10.2 Å². The van der Waals surface area contributed by atoms with Gasteiger partial charge in [0.15, 0.2) is 0 Å². The maximum atomic E-state index is 13.6. The summed E-state index contributed by atoms with van der Waals surface area (Å²) in [6.45, 7) is 3.42. The maximum Gasteiger partial charge on any atom is 0.220 e. The second-order valence-electron chi connectivity index (χ2n) is 6.08. The highest BCUT2D eigenvalue weighted by atomic mass is 19.1. The molecule has 2 heterocycles. The monoisotopic (exact) mass is 346 g/mol. The normalized spacial score (nSPS) is 16.5. The number of nitrogens with one attached hydrogen (secondary N) is 1. The van der Waals surface area contributed by atoms with Crippen molar-refractivity contribution in [2.75, 3.05) is 32.8 Å². The lowest BCUT2D eigenvalue weighted by Crippen LogP contribution is -2.43. The molecule has 3 rings (SSSR count). The molecule has 0 radical (unpaired) electrons. The fraction of sp³-hybridized carbons (Fsp3) is 0.421. The van der Waals surface area contributed by atoms with Gasteiger partial charge in [0.25, 0.3) is 0 Å². The second-order valence-corrected chi connectivity index (χ2v) is 6.08. The van der Waals surface area contributed by atoms with E-state index in [9.17, 15) is 9.18 Å². The zero-order chi connectivity index (χ0) is 17.5. The molecule has 1 fully saturated rings. The van der Waals surface area contributed by atoms with Gasteiger partial charge in [0.05, 0.1) is 25.5 Å². The van der Waals surface area contributed by atoms with Crippen LogP contribution >= 0.6 is 0 Å². The van der Waals surface area contributed by atoms with E-state index < -0.39 is 0 Å². The number of furan rings is 1. The van der Waals surface area contributed by atoms with Gasteiger partial charge < -0.3 is 14.5 Å². The van der Waals surface area contributed by atoms with Gasteiger partial charge in [0.2, 0.25) is 5.91 Å². The SMILES string of the molecule is O=C(CCc1ccccc1F)NCC(c1ccco1)N1CCOCC1. The number of aryl methyl sites for hydroxylation is 1. The van der Waals surface area contributed by atoms with E-state index in [-0.39, 0.29) is 24.2 Å². The van der Waals surface area contributed by atoms with Gasteiger partial charge in [-0.15, -0.1) is 0 Å². The Morgan fingerprint density at radius 1 is 1.20 bits per heavy atom. The number of hydrogen-bond donors (Lipinski definition) is 1. The Hall–Kier alpha value is -2.18. The Balaban J connectivity index is 1.53. The highest BCUT2D eigenvalue weighted by molar-refractivity contribution is 5.76. The van der Waals surface area contributed by atoms with Crippen LogP contribution in [0.5, 0.6) is 0 Å². The van der Waals surface area contributed by atoms with Gasteiger partial charge in [0, 0.05) is 26.1 Å². The molecule has 1 aromatic carbocycles. The fourth-order valence-corrected chi connectivity index (χ4v) is 3.03. The van der Waals surface area contributed by atoms with Crippen LogP contribution in [-0.4, -0.2) is 43.7 Å². The van der Waals surface area contributed by atoms with Crippen molar-refractivity contribution >= 4 is 5.91 Å². The van der Waals surface area contributed by atoms with Crippen LogP contribution in [0.4, 0.5) is 4.39 Å². The molecule has 1 saturated heterocycles. The van der Waals surface area contributed by atoms with Gasteiger partial charge >= 0.3 is 0 Å². The number of rotatable bonds is 7. The molecule has 1 N–H and O–H groups in total. The Kier molecular flexibility index (Phi) is 6.19. The fourth-order valence-electron chi connectivity index (χ4n) is 3.03. The van der Waals surface area contributed by atoms with Crippen LogP contribution in [0.3, 0.4) is 0 Å². The summed E-state index contributed by atoms with van der Waals surface area (Å²) in [4.78, 5) is 14.4. The van der Waals surface area contributed by atoms with Crippen LogP contribution in [0.25, 0.3) is 0 Å². The number of carbonyl (C=O) groups excluding carboxylic acids is 1. The summed E-state index contributed by atoms with van der Waals surface area (Å²) in [6.07, 6.45) is 2.29. The van der Waals surface area contributed by atoms with Gasteiger partial charge in [-0.25, -0.2) is 4.39 Å². The number of benzene rings is 1. The highest BCUT2D eigenvalue weighted by Crippen LogP contribution is 2.21. The van der Waals surface area contributed by atoms with E-state index in [2.05, 4.69) is 10.2 Å². The molecule has 0 aliphatic carbocycles. The summed E-state index contributed by atoms with van der Waals surface area (Å²) in [6, 6.07) is 10.3. The van der Waals surface area contributed by atoms with Crippen molar-refractivity contribution in [2.45, 2.75) is 18.9 Å². The summed E-state index contributed by atoms with van der Waals surface area (Å²) in [5.74, 6) is 0.474. The van der Waals surface area contributed by atoms with Crippen molar-refractivity contribution in [1.29, 1.82) is 0 Å². The number of carbonyl (C=O) groups is 1. The standard InChI is InChI=1S/C19H23FN2O3/c20-16-5-2-1-4-15(16)7-8-19(23)21-14-17(18-6-3-11-25-18)22-9-12-24-13-10-22/h1-6,11,17H,7-10,12-14H2,(H,21,23). The lowest BCUT2D eigenvalue weighted by molar-refractivity contribution is -0.121. The molecule has 1 atom stereocenters. The number of amides is 1. The Morgan fingerprint density at radius 2 is 2.00 bits per heavy atom. The summed E-state index contributed by atoms with van der Waals surface area (Å²) >= 11 is 0. The molecule has 2 aromatic rings. The molecule has 0 saturated carbocycles. The van der Waals surface area contributed by atoms with Gasteiger partial charge in [-0.2, -0.15) is 0 Å². The van der Waals surface area contributed by atoms with E-state index in [1.54, 1.807) is 24.5 Å². The second kappa shape index (κ2) is 8.78. The van der Waals surface area contributed by atoms with E-state index in [4.69, 9.17) is 9.15 Å². The quantitative estimate of drug-likeness (QED) is 0.837. The van der Waals surface area contributed by atoms with Gasteiger partial charge in [0.1, 0.15) is 11.6 Å². The molecule has 1 unspecified atom stereocenters. The van der Waals surface area contributed by atoms with Crippen molar-refractivity contribution in [3.8, 4) is 0 Å². The molecule has 1 aromatic heterocycles. The van der Waals surface area contributed by atoms with Crippen LogP contribution in [-0.2, 0) is 16.0 Å². The first-order chi connectivity index (χ1) is 12.2. The van der Waals surface area contributed by atoms with Crippen LogP contribution in [0.15, 0.2) is 47.1 Å². The maximum absolute atomic E-state index is 13.6. The molecule has 134 valence electrons. The summed E-state index contributed by atoms with van der Waals surface area (Å²) in [5.41, 5.74) is 0.563. The Bertz CT molecular complexity index is 669. The van der Waals surface area contributed by atoms with E-state index in [1.807, 2.05) is 12.1 Å². The molecule has 25 heavy (non-hydrogen) atoms. The first kappa shape index (κ1) is 17.6. The Labute approximate surface area is 146 Å². The molecular formula is C19H23FN2O3. The summed E-state index contributed by atoms with van der Waals surface area (Å²) < 4.78 is 24.6. The average Bonchev–Trinajstić information content (AvgIpc) is 3.16. The van der Waals surface area contributed by atoms with E-state index >= 15 is 0 Å². The molecule has 1 aliphatic heterocycles. The highest BCUT2D eigenvalue weighted by Gasteiger charge is 2.25. The number of ether oxygens (including phenoxy) is 1. The Morgan fingerprint density at radius 3 is 2.72 bits per heavy atom. The minimum absolute atomic E-state index is 0.0173. The van der Waals surface area contributed by atoms with Crippen LogP contribution in [0.1, 0.15) is 23.8 Å². The lowest BCUT2D eigenvalue weighted by Gasteiger charge is -2.33. The first-order valence-electron chi connectivity index (χ1n) is 8.59. The van der Waals surface area contributed by atoms with Crippen molar-refractivity contribution in [3.05, 3.63) is 59.8 Å². The van der Waals surface area contributed by atoms with E-state index in [0.29, 0.717) is 31.7 Å². The zero-order valence-electron chi connectivity index (χ0n) is 14.1. The predicted octanol–water partition coefficient (Wildman–Crippen LogP) is 2.54. The van der Waals surface area contributed by atoms with Crippen LogP contribution in [0, 0.1) is 5.82 Å². The molecule has 0 bridgehead atoms. The summed E-state index contributed by atoms with van der Waals surface area (Å²) in [5, 5.41) is 2.95. The molecule has 1 amide bonds. The third-order valence-corrected chi connectivity index (χ3v) is 4.43. The predicted molar refractivity (Wildman–Crippen MR) is 91.6 cm³/mol. The van der Waals surface area contributed by atoms with Crippen molar-refractivity contribution in [3.63, 3.8) is 0 Å². The van der Waals surface area contributed by atoms with Crippen molar-refractivity contribution in [2.24, 2.45) is 0 Å². The first-order valence-corrected chi connectivity index (χ1v) is 8.59. The van der Waals surface area contributed by atoms with Gasteiger partial charge in [-0.05, 0) is 30.2 Å². The van der Waals surface area contributed by atoms with Gasteiger partial charge in [-0.3, -0.25) is 9.69 Å². The minimum atomic E-state index is -0.267. The molecule has 0 spiro atoms. The number of morpholine rings is 1. The number of halogens is 1. The van der Waals surface area contributed by atoms with E-state index in [0.717, 1.165) is 18.8 Å². The van der Waals surface area contributed by atoms with Crippen LogP contribution in [0.2, 0.25) is 0 Å². The molecule has 5 nitrogen and oxygen atoms in total. The third kappa shape index (κ3) is 4.90. The van der Waals surface area contributed by atoms with E-state index in [1.165, 1.54) is 6.07 Å². The van der Waals surface area contributed by atoms with Crippen molar-refractivity contribution < 1.29 is 18.3 Å². The molecular weight excluding hydrogens is 323 g/mol. The van der Waals surface area contributed by atoms with Crippen LogP contribution < -0.4 is 5.32 Å². The third-order valence-electron chi connectivity index (χ3n) is 4.43. The zero-order valence-corrected chi connectivity index (χ0v) is 14.1. The molecule has 6 heteroatoms. The lowest BCUT2D eigenvalue weighted by atomic mass is 10.1. The largest absolute Gasteiger partial charge is 0.468 e. The molecule has 1 aliphatic rings. The smallest absolute Gasteiger partial charge is 0.220 e. The summed E-state index contributed by atoms with van der Waals surface area (Å²) in [7, 11) is 0. The number of nitrogens with zero attached hydrogens (tertiary/aromatic N) is 1. The van der Waals surface area contributed by atoms with Gasteiger partial charge in [-0.1, -0.05) is 18.2 Å².